The van der Waals surface area contributed by atoms with E-state index in [1.165, 1.54) is 12.1 Å². The van der Waals surface area contributed by atoms with E-state index in [-0.39, 0.29) is 11.2 Å². The molecule has 1 aromatic rings. The Morgan fingerprint density at radius 1 is 1.38 bits per heavy atom. The summed E-state index contributed by atoms with van der Waals surface area (Å²) >= 11 is 6.05. The first-order valence-electron chi connectivity index (χ1n) is 5.53. The van der Waals surface area contributed by atoms with Gasteiger partial charge < -0.3 is 5.32 Å². The van der Waals surface area contributed by atoms with E-state index in [1.807, 2.05) is 7.05 Å². The van der Waals surface area contributed by atoms with Gasteiger partial charge in [0, 0.05) is 5.02 Å². The van der Waals surface area contributed by atoms with Crippen LogP contribution in [-0.4, -0.2) is 13.6 Å². The predicted octanol–water partition coefficient (Wildman–Crippen LogP) is 3.66. The minimum atomic E-state index is -0.219. The van der Waals surface area contributed by atoms with Crippen molar-refractivity contribution >= 4 is 11.6 Å². The SMILES string of the molecule is CNCCC(C)(C)Cc1cc(F)ccc1Cl. The third-order valence-corrected chi connectivity index (χ3v) is 3.10. The zero-order valence-corrected chi connectivity index (χ0v) is 10.9. The summed E-state index contributed by atoms with van der Waals surface area (Å²) in [6, 6.07) is 4.55. The van der Waals surface area contributed by atoms with E-state index in [0.717, 1.165) is 24.9 Å². The Hall–Kier alpha value is -0.600. The summed E-state index contributed by atoms with van der Waals surface area (Å²) in [6.45, 7) is 5.30. The maximum atomic E-state index is 13.1. The number of nitrogens with one attached hydrogen (secondary N) is 1. The van der Waals surface area contributed by atoms with Crippen LogP contribution < -0.4 is 5.32 Å². The van der Waals surface area contributed by atoms with Crippen LogP contribution in [0.4, 0.5) is 4.39 Å². The van der Waals surface area contributed by atoms with Gasteiger partial charge in [0.2, 0.25) is 0 Å². The summed E-state index contributed by atoms with van der Waals surface area (Å²) in [5.41, 5.74) is 1.02. The van der Waals surface area contributed by atoms with Crippen molar-refractivity contribution in [2.75, 3.05) is 13.6 Å². The van der Waals surface area contributed by atoms with Crippen LogP contribution >= 0.6 is 11.6 Å². The normalized spacial score (nSPS) is 11.8. The monoisotopic (exact) mass is 243 g/mol. The second-order valence-corrected chi connectivity index (χ2v) is 5.34. The first-order chi connectivity index (χ1) is 7.44. The molecule has 1 aromatic carbocycles. The fraction of sp³-hybridized carbons (Fsp3) is 0.538. The van der Waals surface area contributed by atoms with E-state index in [9.17, 15) is 4.39 Å². The van der Waals surface area contributed by atoms with Crippen LogP contribution in [0.25, 0.3) is 0 Å². The molecule has 0 fully saturated rings. The number of rotatable bonds is 5. The van der Waals surface area contributed by atoms with Crippen molar-refractivity contribution in [2.45, 2.75) is 26.7 Å². The summed E-state index contributed by atoms with van der Waals surface area (Å²) in [5.74, 6) is -0.219. The molecule has 3 heteroatoms. The van der Waals surface area contributed by atoms with E-state index in [1.54, 1.807) is 6.07 Å². The molecule has 1 nitrogen and oxygen atoms in total. The Morgan fingerprint density at radius 3 is 2.69 bits per heavy atom. The number of hydrogen-bond donors (Lipinski definition) is 1. The lowest BCUT2D eigenvalue weighted by Gasteiger charge is -2.25. The Morgan fingerprint density at radius 2 is 2.06 bits per heavy atom. The van der Waals surface area contributed by atoms with E-state index < -0.39 is 0 Å². The Labute approximate surface area is 102 Å². The summed E-state index contributed by atoms with van der Waals surface area (Å²) in [6.07, 6.45) is 1.83. The van der Waals surface area contributed by atoms with Gasteiger partial charge in [-0.3, -0.25) is 0 Å². The predicted molar refractivity (Wildman–Crippen MR) is 67.4 cm³/mol. The molecule has 0 amide bonds. The smallest absolute Gasteiger partial charge is 0.123 e. The van der Waals surface area contributed by atoms with Crippen LogP contribution in [0.5, 0.6) is 0 Å². The van der Waals surface area contributed by atoms with Crippen LogP contribution in [0, 0.1) is 11.2 Å². The fourth-order valence-electron chi connectivity index (χ4n) is 1.75. The first-order valence-corrected chi connectivity index (χ1v) is 5.91. The summed E-state index contributed by atoms with van der Waals surface area (Å²) < 4.78 is 13.1. The minimum Gasteiger partial charge on any atom is -0.320 e. The van der Waals surface area contributed by atoms with Crippen molar-refractivity contribution < 1.29 is 4.39 Å². The topological polar surface area (TPSA) is 12.0 Å². The number of hydrogen-bond acceptors (Lipinski definition) is 1. The molecule has 0 bridgehead atoms. The zero-order chi connectivity index (χ0) is 12.2. The Balaban J connectivity index is 2.74. The maximum Gasteiger partial charge on any atom is 0.123 e. The highest BCUT2D eigenvalue weighted by molar-refractivity contribution is 6.31. The third-order valence-electron chi connectivity index (χ3n) is 2.73. The van der Waals surface area contributed by atoms with Gasteiger partial charge in [0.15, 0.2) is 0 Å². The molecule has 0 aliphatic rings. The molecule has 90 valence electrons. The molecule has 16 heavy (non-hydrogen) atoms. The summed E-state index contributed by atoms with van der Waals surface area (Å²) in [4.78, 5) is 0. The lowest BCUT2D eigenvalue weighted by atomic mass is 9.82. The molecule has 0 saturated carbocycles. The molecule has 0 saturated heterocycles. The van der Waals surface area contributed by atoms with Gasteiger partial charge in [-0.25, -0.2) is 4.39 Å². The zero-order valence-electron chi connectivity index (χ0n) is 10.1. The fourth-order valence-corrected chi connectivity index (χ4v) is 1.93. The quantitative estimate of drug-likeness (QED) is 0.832. The Bertz CT molecular complexity index is 350. The van der Waals surface area contributed by atoms with Crippen molar-refractivity contribution in [1.29, 1.82) is 0 Å². The second-order valence-electron chi connectivity index (χ2n) is 4.93. The van der Waals surface area contributed by atoms with Crippen LogP contribution in [-0.2, 0) is 6.42 Å². The van der Waals surface area contributed by atoms with Gasteiger partial charge in [-0.2, -0.15) is 0 Å². The standard InChI is InChI=1S/C13H19ClFN/c1-13(2,6-7-16-3)9-10-8-11(15)4-5-12(10)14/h4-5,8,16H,6-7,9H2,1-3H3. The minimum absolute atomic E-state index is 0.125. The summed E-state index contributed by atoms with van der Waals surface area (Å²) in [7, 11) is 1.94. The van der Waals surface area contributed by atoms with Gasteiger partial charge >= 0.3 is 0 Å². The second kappa shape index (κ2) is 5.65. The molecule has 1 rings (SSSR count). The van der Waals surface area contributed by atoms with Gasteiger partial charge in [-0.05, 0) is 55.6 Å². The Kier molecular flexibility index (Phi) is 4.75. The van der Waals surface area contributed by atoms with Gasteiger partial charge in [-0.15, -0.1) is 0 Å². The van der Waals surface area contributed by atoms with Crippen LogP contribution in [0.1, 0.15) is 25.8 Å². The highest BCUT2D eigenvalue weighted by Gasteiger charge is 2.19. The molecule has 1 N–H and O–H groups in total. The molecule has 0 radical (unpaired) electrons. The molecule has 0 aliphatic carbocycles. The third kappa shape index (κ3) is 4.11. The lowest BCUT2D eigenvalue weighted by Crippen LogP contribution is -2.22. The van der Waals surface area contributed by atoms with Crippen LogP contribution in [0.3, 0.4) is 0 Å². The van der Waals surface area contributed by atoms with Crippen LogP contribution in [0.2, 0.25) is 5.02 Å². The lowest BCUT2D eigenvalue weighted by molar-refractivity contribution is 0.329. The average Bonchev–Trinajstić information content (AvgIpc) is 2.20. The molecular formula is C13H19ClFN. The molecule has 0 heterocycles. The largest absolute Gasteiger partial charge is 0.320 e. The van der Waals surface area contributed by atoms with E-state index >= 15 is 0 Å². The van der Waals surface area contributed by atoms with Crippen molar-refractivity contribution in [3.8, 4) is 0 Å². The van der Waals surface area contributed by atoms with Crippen molar-refractivity contribution in [3.63, 3.8) is 0 Å². The molecule has 0 unspecified atom stereocenters. The molecular weight excluding hydrogens is 225 g/mol. The van der Waals surface area contributed by atoms with E-state index in [2.05, 4.69) is 19.2 Å². The number of benzene rings is 1. The van der Waals surface area contributed by atoms with Gasteiger partial charge in [0.25, 0.3) is 0 Å². The number of halogens is 2. The average molecular weight is 244 g/mol. The van der Waals surface area contributed by atoms with E-state index in [0.29, 0.717) is 5.02 Å². The van der Waals surface area contributed by atoms with Crippen molar-refractivity contribution in [1.82, 2.24) is 5.32 Å². The first kappa shape index (κ1) is 13.5. The van der Waals surface area contributed by atoms with Gasteiger partial charge in [0.05, 0.1) is 0 Å². The molecule has 0 atom stereocenters. The maximum absolute atomic E-state index is 13.1. The highest BCUT2D eigenvalue weighted by Crippen LogP contribution is 2.29. The van der Waals surface area contributed by atoms with E-state index in [4.69, 9.17) is 11.6 Å². The van der Waals surface area contributed by atoms with Crippen molar-refractivity contribution in [2.24, 2.45) is 5.41 Å². The summed E-state index contributed by atoms with van der Waals surface area (Å²) in [5, 5.41) is 3.78. The van der Waals surface area contributed by atoms with Crippen LogP contribution in [0.15, 0.2) is 18.2 Å². The molecule has 0 aromatic heterocycles. The molecule has 0 aliphatic heterocycles. The highest BCUT2D eigenvalue weighted by atomic mass is 35.5. The van der Waals surface area contributed by atoms with Crippen molar-refractivity contribution in [3.05, 3.63) is 34.6 Å². The van der Waals surface area contributed by atoms with Gasteiger partial charge in [-0.1, -0.05) is 25.4 Å². The molecule has 0 spiro atoms. The van der Waals surface area contributed by atoms with Gasteiger partial charge in [0.1, 0.15) is 5.82 Å².